The summed E-state index contributed by atoms with van der Waals surface area (Å²) in [5.41, 5.74) is 0.896. The number of hydrogen-bond acceptors (Lipinski definition) is 3. The number of piperidine rings is 1. The van der Waals surface area contributed by atoms with Gasteiger partial charge in [0.1, 0.15) is 6.54 Å². The number of carboxylic acids is 1. The van der Waals surface area contributed by atoms with Gasteiger partial charge in [0.2, 0.25) is 5.91 Å². The molecule has 0 spiro atoms. The van der Waals surface area contributed by atoms with E-state index in [0.29, 0.717) is 19.5 Å². The van der Waals surface area contributed by atoms with Crippen molar-refractivity contribution in [3.8, 4) is 0 Å². The first-order valence-corrected chi connectivity index (χ1v) is 9.63. The monoisotopic (exact) mass is 373 g/mol. The van der Waals surface area contributed by atoms with Gasteiger partial charge >= 0.3 is 12.0 Å². The van der Waals surface area contributed by atoms with Crippen LogP contribution in [0.15, 0.2) is 30.3 Å². The Morgan fingerprint density at radius 3 is 2.33 bits per heavy atom. The van der Waals surface area contributed by atoms with Crippen molar-refractivity contribution in [2.24, 2.45) is 5.92 Å². The maximum Gasteiger partial charge on any atom is 0.323 e. The highest BCUT2D eigenvalue weighted by Crippen LogP contribution is 2.22. The summed E-state index contributed by atoms with van der Waals surface area (Å²) >= 11 is 0. The molecule has 3 rings (SSSR count). The highest BCUT2D eigenvalue weighted by molar-refractivity contribution is 5.84. The molecule has 2 aliphatic heterocycles. The molecule has 1 aromatic carbocycles. The molecule has 27 heavy (non-hydrogen) atoms. The maximum absolute atomic E-state index is 13.0. The van der Waals surface area contributed by atoms with Gasteiger partial charge in [-0.2, -0.15) is 0 Å². The van der Waals surface area contributed by atoms with Crippen molar-refractivity contribution in [2.45, 2.75) is 32.2 Å². The molecule has 1 aromatic rings. The third kappa shape index (κ3) is 4.99. The number of amides is 3. The molecular formula is C20H27N3O4. The van der Waals surface area contributed by atoms with Gasteiger partial charge in [-0.05, 0) is 31.2 Å². The number of hydrogen-bond donors (Lipinski definition) is 1. The smallest absolute Gasteiger partial charge is 0.323 e. The lowest BCUT2D eigenvalue weighted by molar-refractivity contribution is -0.147. The molecule has 2 aliphatic rings. The maximum atomic E-state index is 13.0. The highest BCUT2D eigenvalue weighted by Gasteiger charge is 2.34. The number of carbonyl (C=O) groups excluding carboxylic acids is 2. The number of carbonyl (C=O) groups is 3. The van der Waals surface area contributed by atoms with Gasteiger partial charge < -0.3 is 19.8 Å². The van der Waals surface area contributed by atoms with Crippen LogP contribution < -0.4 is 0 Å². The lowest BCUT2D eigenvalue weighted by Gasteiger charge is -2.36. The first-order chi connectivity index (χ1) is 13.0. The molecule has 2 heterocycles. The summed E-state index contributed by atoms with van der Waals surface area (Å²) in [6.07, 6.45) is 3.52. The summed E-state index contributed by atoms with van der Waals surface area (Å²) in [6, 6.07) is 9.40. The van der Waals surface area contributed by atoms with Crippen molar-refractivity contribution < 1.29 is 19.5 Å². The standard InChI is InChI=1S/C20H27N3O4/c24-18(25)15-23(13-16-7-2-1-3-8-16)19(26)17-9-6-12-22(14-17)20(27)21-10-4-5-11-21/h1-3,7-8,17H,4-6,9-15H2,(H,24,25). The number of aliphatic carboxylic acids is 1. The minimum absolute atomic E-state index is 0.0119. The van der Waals surface area contributed by atoms with Crippen LogP contribution in [0.2, 0.25) is 0 Å². The molecular weight excluding hydrogens is 346 g/mol. The molecule has 0 saturated carbocycles. The van der Waals surface area contributed by atoms with Crippen LogP contribution in [0, 0.1) is 5.92 Å². The zero-order valence-corrected chi connectivity index (χ0v) is 15.5. The summed E-state index contributed by atoms with van der Waals surface area (Å²) in [7, 11) is 0. The summed E-state index contributed by atoms with van der Waals surface area (Å²) in [4.78, 5) is 42.0. The molecule has 0 bridgehead atoms. The largest absolute Gasteiger partial charge is 0.480 e. The second kappa shape index (κ2) is 8.88. The number of carboxylic acid groups (broad SMARTS) is 1. The zero-order chi connectivity index (χ0) is 19.2. The molecule has 146 valence electrons. The molecule has 1 N–H and O–H groups in total. The van der Waals surface area contributed by atoms with E-state index in [9.17, 15) is 19.5 Å². The van der Waals surface area contributed by atoms with E-state index < -0.39 is 5.97 Å². The minimum atomic E-state index is -1.03. The zero-order valence-electron chi connectivity index (χ0n) is 15.5. The van der Waals surface area contributed by atoms with Crippen LogP contribution in [0.5, 0.6) is 0 Å². The Labute approximate surface area is 159 Å². The van der Waals surface area contributed by atoms with Crippen molar-refractivity contribution in [1.82, 2.24) is 14.7 Å². The minimum Gasteiger partial charge on any atom is -0.480 e. The summed E-state index contributed by atoms with van der Waals surface area (Å²) < 4.78 is 0. The Hall–Kier alpha value is -2.57. The molecule has 0 aromatic heterocycles. The predicted molar refractivity (Wildman–Crippen MR) is 100.0 cm³/mol. The molecule has 0 aliphatic carbocycles. The van der Waals surface area contributed by atoms with Gasteiger partial charge in [0.05, 0.1) is 5.92 Å². The quantitative estimate of drug-likeness (QED) is 0.856. The van der Waals surface area contributed by atoms with E-state index in [-0.39, 0.29) is 30.9 Å². The average molecular weight is 373 g/mol. The van der Waals surface area contributed by atoms with E-state index >= 15 is 0 Å². The Balaban J connectivity index is 1.66. The molecule has 2 saturated heterocycles. The molecule has 1 unspecified atom stereocenters. The Kier molecular flexibility index (Phi) is 6.32. The fraction of sp³-hybridized carbons (Fsp3) is 0.550. The SMILES string of the molecule is O=C(O)CN(Cc1ccccc1)C(=O)C1CCCN(C(=O)N2CCCC2)C1. The van der Waals surface area contributed by atoms with Gasteiger partial charge in [0.25, 0.3) is 0 Å². The van der Waals surface area contributed by atoms with Crippen LogP contribution in [0.3, 0.4) is 0 Å². The van der Waals surface area contributed by atoms with Crippen LogP contribution in [-0.4, -0.2) is 70.4 Å². The van der Waals surface area contributed by atoms with Crippen LogP contribution in [0.4, 0.5) is 4.79 Å². The normalized spacial score (nSPS) is 19.8. The van der Waals surface area contributed by atoms with E-state index in [1.807, 2.05) is 35.2 Å². The Morgan fingerprint density at radius 1 is 1.00 bits per heavy atom. The molecule has 7 nitrogen and oxygen atoms in total. The third-order valence-corrected chi connectivity index (χ3v) is 5.27. The van der Waals surface area contributed by atoms with E-state index in [1.54, 1.807) is 4.90 Å². The highest BCUT2D eigenvalue weighted by atomic mass is 16.4. The van der Waals surface area contributed by atoms with Gasteiger partial charge in [-0.3, -0.25) is 9.59 Å². The van der Waals surface area contributed by atoms with Crippen molar-refractivity contribution >= 4 is 17.9 Å². The summed E-state index contributed by atoms with van der Waals surface area (Å²) in [5, 5.41) is 9.23. The first-order valence-electron chi connectivity index (χ1n) is 9.63. The van der Waals surface area contributed by atoms with E-state index in [0.717, 1.165) is 37.9 Å². The van der Waals surface area contributed by atoms with Crippen molar-refractivity contribution in [3.63, 3.8) is 0 Å². The van der Waals surface area contributed by atoms with Gasteiger partial charge in [-0.15, -0.1) is 0 Å². The average Bonchev–Trinajstić information content (AvgIpc) is 3.21. The van der Waals surface area contributed by atoms with E-state index in [2.05, 4.69) is 0 Å². The van der Waals surface area contributed by atoms with Crippen LogP contribution in [0.25, 0.3) is 0 Å². The molecule has 7 heteroatoms. The van der Waals surface area contributed by atoms with Gasteiger partial charge in [-0.25, -0.2) is 4.79 Å². The number of urea groups is 1. The number of likely N-dealkylation sites (tertiary alicyclic amines) is 2. The van der Waals surface area contributed by atoms with Crippen molar-refractivity contribution in [3.05, 3.63) is 35.9 Å². The lowest BCUT2D eigenvalue weighted by Crippen LogP contribution is -2.50. The lowest BCUT2D eigenvalue weighted by atomic mass is 9.96. The Bertz CT molecular complexity index is 673. The van der Waals surface area contributed by atoms with Crippen molar-refractivity contribution in [1.29, 1.82) is 0 Å². The molecule has 2 fully saturated rings. The fourth-order valence-corrected chi connectivity index (χ4v) is 3.90. The van der Waals surface area contributed by atoms with Gasteiger partial charge in [-0.1, -0.05) is 30.3 Å². The first kappa shape index (κ1) is 19.2. The van der Waals surface area contributed by atoms with Gasteiger partial charge in [0, 0.05) is 32.7 Å². The predicted octanol–water partition coefficient (Wildman–Crippen LogP) is 2.03. The summed E-state index contributed by atoms with van der Waals surface area (Å²) in [5.74, 6) is -1.55. The van der Waals surface area contributed by atoms with Crippen LogP contribution in [0.1, 0.15) is 31.2 Å². The molecule has 3 amide bonds. The summed E-state index contributed by atoms with van der Waals surface area (Å²) in [6.45, 7) is 2.54. The fourth-order valence-electron chi connectivity index (χ4n) is 3.90. The second-order valence-electron chi connectivity index (χ2n) is 7.34. The van der Waals surface area contributed by atoms with Crippen LogP contribution >= 0.6 is 0 Å². The Morgan fingerprint density at radius 2 is 1.67 bits per heavy atom. The van der Waals surface area contributed by atoms with Gasteiger partial charge in [0.15, 0.2) is 0 Å². The van der Waals surface area contributed by atoms with E-state index in [4.69, 9.17) is 0 Å². The molecule has 1 atom stereocenters. The van der Waals surface area contributed by atoms with E-state index in [1.165, 1.54) is 4.90 Å². The van der Waals surface area contributed by atoms with Crippen molar-refractivity contribution in [2.75, 3.05) is 32.7 Å². The second-order valence-corrected chi connectivity index (χ2v) is 7.34. The number of rotatable bonds is 5. The number of benzene rings is 1. The molecule has 0 radical (unpaired) electrons. The third-order valence-electron chi connectivity index (χ3n) is 5.27. The van der Waals surface area contributed by atoms with Crippen LogP contribution in [-0.2, 0) is 16.1 Å². The number of nitrogens with zero attached hydrogens (tertiary/aromatic N) is 3. The topological polar surface area (TPSA) is 81.2 Å².